The highest BCUT2D eigenvalue weighted by Gasteiger charge is 1.95. The summed E-state index contributed by atoms with van der Waals surface area (Å²) < 4.78 is 5.46. The van der Waals surface area contributed by atoms with Crippen LogP contribution in [0.3, 0.4) is 0 Å². The normalized spacial score (nSPS) is 10.4. The van der Waals surface area contributed by atoms with Crippen LogP contribution >= 0.6 is 0 Å². The molecule has 112 valence electrons. The van der Waals surface area contributed by atoms with E-state index in [0.29, 0.717) is 6.61 Å². The van der Waals surface area contributed by atoms with Gasteiger partial charge in [0.2, 0.25) is 0 Å². The Morgan fingerprint density at radius 3 is 2.45 bits per heavy atom. The Kier molecular flexibility index (Phi) is 9.68. The van der Waals surface area contributed by atoms with Crippen molar-refractivity contribution >= 4 is 0 Å². The van der Waals surface area contributed by atoms with E-state index in [1.54, 1.807) is 6.08 Å². The summed E-state index contributed by atoms with van der Waals surface area (Å²) in [7, 11) is 0. The Hall–Kier alpha value is -1.28. The highest BCUT2D eigenvalue weighted by Crippen LogP contribution is 2.12. The van der Waals surface area contributed by atoms with Crippen LogP contribution in [0.2, 0.25) is 0 Å². The average Bonchev–Trinajstić information content (AvgIpc) is 2.49. The van der Waals surface area contributed by atoms with E-state index in [1.165, 1.54) is 44.1 Å². The predicted octanol–water partition coefficient (Wildman–Crippen LogP) is 4.70. The Bertz CT molecular complexity index is 345. The van der Waals surface area contributed by atoms with Crippen molar-refractivity contribution in [2.75, 3.05) is 13.2 Å². The Labute approximate surface area is 124 Å². The molecule has 2 nitrogen and oxygen atoms in total. The first-order valence-corrected chi connectivity index (χ1v) is 7.90. The minimum atomic E-state index is 0.565. The lowest BCUT2D eigenvalue weighted by Crippen LogP contribution is -2.14. The molecule has 0 aromatic heterocycles. The van der Waals surface area contributed by atoms with Gasteiger partial charge in [-0.2, -0.15) is 0 Å². The van der Waals surface area contributed by atoms with Crippen molar-refractivity contribution in [2.45, 2.75) is 52.0 Å². The zero-order valence-corrected chi connectivity index (χ0v) is 12.9. The van der Waals surface area contributed by atoms with E-state index < -0.39 is 0 Å². The van der Waals surface area contributed by atoms with Gasteiger partial charge in [-0.1, -0.05) is 63.8 Å². The molecular formula is C18H29NO. The van der Waals surface area contributed by atoms with E-state index in [0.717, 1.165) is 18.8 Å². The van der Waals surface area contributed by atoms with Crippen molar-refractivity contribution in [3.8, 4) is 5.75 Å². The molecule has 1 aromatic rings. The van der Waals surface area contributed by atoms with Gasteiger partial charge in [-0.25, -0.2) is 0 Å². The molecule has 0 saturated heterocycles. The highest BCUT2D eigenvalue weighted by atomic mass is 16.5. The van der Waals surface area contributed by atoms with Crippen molar-refractivity contribution in [1.29, 1.82) is 0 Å². The fourth-order valence-corrected chi connectivity index (χ4v) is 2.12. The third kappa shape index (κ3) is 8.00. The van der Waals surface area contributed by atoms with Gasteiger partial charge in [-0.15, -0.1) is 0 Å². The number of unbranched alkanes of at least 4 members (excludes halogenated alkanes) is 5. The maximum atomic E-state index is 5.46. The highest BCUT2D eigenvalue weighted by molar-refractivity contribution is 5.27. The quantitative estimate of drug-likeness (QED) is 0.441. The molecule has 1 aromatic carbocycles. The number of hydrogen-bond donors (Lipinski definition) is 1. The molecule has 0 atom stereocenters. The molecule has 0 aliphatic carbocycles. The number of benzene rings is 1. The molecule has 0 bridgehead atoms. The zero-order chi connectivity index (χ0) is 14.5. The molecular weight excluding hydrogens is 246 g/mol. The van der Waals surface area contributed by atoms with E-state index in [4.69, 9.17) is 4.74 Å². The molecule has 0 aliphatic rings. The molecule has 1 rings (SSSR count). The molecule has 0 aliphatic heterocycles. The van der Waals surface area contributed by atoms with E-state index in [2.05, 4.69) is 31.0 Å². The van der Waals surface area contributed by atoms with Gasteiger partial charge < -0.3 is 10.1 Å². The van der Waals surface area contributed by atoms with Gasteiger partial charge in [-0.05, 0) is 30.7 Å². The summed E-state index contributed by atoms with van der Waals surface area (Å²) in [5.41, 5.74) is 1.31. The maximum Gasteiger partial charge on any atom is 0.119 e. The van der Waals surface area contributed by atoms with Crippen LogP contribution < -0.4 is 10.1 Å². The molecule has 0 saturated carbocycles. The van der Waals surface area contributed by atoms with Gasteiger partial charge in [0.15, 0.2) is 0 Å². The zero-order valence-electron chi connectivity index (χ0n) is 12.9. The van der Waals surface area contributed by atoms with Crippen molar-refractivity contribution in [1.82, 2.24) is 5.32 Å². The van der Waals surface area contributed by atoms with Crippen LogP contribution in [-0.2, 0) is 6.54 Å². The minimum absolute atomic E-state index is 0.565. The first-order valence-electron chi connectivity index (χ1n) is 7.90. The van der Waals surface area contributed by atoms with Crippen molar-refractivity contribution in [3.05, 3.63) is 42.5 Å². The van der Waals surface area contributed by atoms with Gasteiger partial charge in [-0.3, -0.25) is 0 Å². The summed E-state index contributed by atoms with van der Waals surface area (Å²) in [5.74, 6) is 0.907. The van der Waals surface area contributed by atoms with Gasteiger partial charge >= 0.3 is 0 Å². The number of nitrogens with one attached hydrogen (secondary N) is 1. The van der Waals surface area contributed by atoms with Gasteiger partial charge in [0.05, 0.1) is 0 Å². The lowest BCUT2D eigenvalue weighted by Gasteiger charge is -2.07. The monoisotopic (exact) mass is 275 g/mol. The third-order valence-electron chi connectivity index (χ3n) is 3.33. The predicted molar refractivity (Wildman–Crippen MR) is 87.2 cm³/mol. The maximum absolute atomic E-state index is 5.46. The van der Waals surface area contributed by atoms with E-state index in [1.807, 2.05) is 12.1 Å². The van der Waals surface area contributed by atoms with Crippen LogP contribution in [0.4, 0.5) is 0 Å². The van der Waals surface area contributed by atoms with Crippen LogP contribution in [0.1, 0.15) is 51.0 Å². The molecule has 0 heterocycles. The molecule has 0 fully saturated rings. The smallest absolute Gasteiger partial charge is 0.119 e. The number of rotatable bonds is 12. The van der Waals surface area contributed by atoms with Gasteiger partial charge in [0.25, 0.3) is 0 Å². The number of hydrogen-bond acceptors (Lipinski definition) is 2. The fraction of sp³-hybridized carbons (Fsp3) is 0.556. The summed E-state index contributed by atoms with van der Waals surface area (Å²) >= 11 is 0. The summed E-state index contributed by atoms with van der Waals surface area (Å²) in [5, 5.41) is 3.50. The standard InChI is InChI=1S/C18H29NO/c1-3-5-6-7-8-9-14-19-16-17-10-12-18(13-11-17)20-15-4-2/h4,10-13,19H,2-3,5-9,14-16H2,1H3. The lowest BCUT2D eigenvalue weighted by atomic mass is 10.1. The van der Waals surface area contributed by atoms with E-state index >= 15 is 0 Å². The Morgan fingerprint density at radius 2 is 1.75 bits per heavy atom. The summed E-state index contributed by atoms with van der Waals surface area (Å²) in [6.07, 6.45) is 9.87. The van der Waals surface area contributed by atoms with Crippen molar-refractivity contribution in [2.24, 2.45) is 0 Å². The second-order valence-corrected chi connectivity index (χ2v) is 5.19. The van der Waals surface area contributed by atoms with Crippen LogP contribution in [0, 0.1) is 0 Å². The number of ether oxygens (including phenoxy) is 1. The Balaban J connectivity index is 2.05. The van der Waals surface area contributed by atoms with Crippen molar-refractivity contribution < 1.29 is 4.74 Å². The lowest BCUT2D eigenvalue weighted by molar-refractivity contribution is 0.363. The first kappa shape index (κ1) is 16.8. The topological polar surface area (TPSA) is 21.3 Å². The molecule has 0 spiro atoms. The first-order chi connectivity index (χ1) is 9.86. The van der Waals surface area contributed by atoms with Crippen LogP contribution in [-0.4, -0.2) is 13.2 Å². The average molecular weight is 275 g/mol. The summed E-state index contributed by atoms with van der Waals surface area (Å²) in [6, 6.07) is 8.27. The molecule has 20 heavy (non-hydrogen) atoms. The molecule has 0 radical (unpaired) electrons. The van der Waals surface area contributed by atoms with E-state index in [-0.39, 0.29) is 0 Å². The van der Waals surface area contributed by atoms with Crippen molar-refractivity contribution in [3.63, 3.8) is 0 Å². The molecule has 1 N–H and O–H groups in total. The second-order valence-electron chi connectivity index (χ2n) is 5.19. The van der Waals surface area contributed by atoms with E-state index in [9.17, 15) is 0 Å². The van der Waals surface area contributed by atoms with Crippen LogP contribution in [0.15, 0.2) is 36.9 Å². The Morgan fingerprint density at radius 1 is 1.05 bits per heavy atom. The third-order valence-corrected chi connectivity index (χ3v) is 3.33. The van der Waals surface area contributed by atoms with Crippen LogP contribution in [0.5, 0.6) is 5.75 Å². The van der Waals surface area contributed by atoms with Gasteiger partial charge in [0.1, 0.15) is 12.4 Å². The summed E-state index contributed by atoms with van der Waals surface area (Å²) in [4.78, 5) is 0. The molecule has 0 unspecified atom stereocenters. The van der Waals surface area contributed by atoms with Crippen LogP contribution in [0.25, 0.3) is 0 Å². The molecule has 2 heteroatoms. The SMILES string of the molecule is C=CCOc1ccc(CNCCCCCCCC)cc1. The fourth-order valence-electron chi connectivity index (χ4n) is 2.12. The summed E-state index contributed by atoms with van der Waals surface area (Å²) in [6.45, 7) is 8.52. The largest absolute Gasteiger partial charge is 0.490 e. The second kappa shape index (κ2) is 11.5. The molecule has 0 amide bonds. The van der Waals surface area contributed by atoms with Gasteiger partial charge in [0, 0.05) is 6.54 Å². The minimum Gasteiger partial charge on any atom is -0.490 e.